The van der Waals surface area contributed by atoms with Crippen molar-refractivity contribution in [3.63, 3.8) is 0 Å². The molecular formula is C16H17BrClNO. The zero-order valence-electron chi connectivity index (χ0n) is 11.5. The van der Waals surface area contributed by atoms with E-state index in [1.54, 1.807) is 7.11 Å². The summed E-state index contributed by atoms with van der Waals surface area (Å²) in [6, 6.07) is 14.2. The van der Waals surface area contributed by atoms with Crippen LogP contribution in [0.5, 0.6) is 5.75 Å². The van der Waals surface area contributed by atoms with Crippen molar-refractivity contribution in [2.75, 3.05) is 7.11 Å². The first-order chi connectivity index (χ1) is 9.60. The van der Waals surface area contributed by atoms with E-state index >= 15 is 0 Å². The number of halogens is 2. The van der Waals surface area contributed by atoms with Gasteiger partial charge in [0.2, 0.25) is 0 Å². The molecule has 1 atom stereocenters. The molecule has 2 nitrogen and oxygen atoms in total. The molecule has 0 radical (unpaired) electrons. The van der Waals surface area contributed by atoms with Gasteiger partial charge in [-0.2, -0.15) is 0 Å². The average Bonchev–Trinajstić information content (AvgIpc) is 2.46. The first-order valence-corrected chi connectivity index (χ1v) is 7.58. The lowest BCUT2D eigenvalue weighted by molar-refractivity contribution is 0.413. The number of ether oxygens (including phenoxy) is 1. The van der Waals surface area contributed by atoms with Crippen LogP contribution in [-0.4, -0.2) is 7.11 Å². The van der Waals surface area contributed by atoms with Gasteiger partial charge in [-0.25, -0.2) is 0 Å². The molecule has 0 aromatic heterocycles. The van der Waals surface area contributed by atoms with E-state index in [0.717, 1.165) is 27.4 Å². The van der Waals surface area contributed by atoms with Crippen LogP contribution in [-0.2, 0) is 6.54 Å². The number of benzene rings is 2. The number of methoxy groups -OCH3 is 1. The van der Waals surface area contributed by atoms with Crippen LogP contribution in [0.4, 0.5) is 0 Å². The van der Waals surface area contributed by atoms with Gasteiger partial charge < -0.3 is 10.1 Å². The minimum absolute atomic E-state index is 0.227. The van der Waals surface area contributed by atoms with Crippen molar-refractivity contribution in [2.45, 2.75) is 19.5 Å². The van der Waals surface area contributed by atoms with E-state index in [0.29, 0.717) is 0 Å². The third-order valence-corrected chi connectivity index (χ3v) is 4.05. The molecule has 0 saturated carbocycles. The fourth-order valence-corrected chi connectivity index (χ4v) is 2.70. The van der Waals surface area contributed by atoms with Crippen molar-refractivity contribution < 1.29 is 4.74 Å². The molecule has 0 bridgehead atoms. The number of hydrogen-bond donors (Lipinski definition) is 1. The zero-order chi connectivity index (χ0) is 14.5. The van der Waals surface area contributed by atoms with Gasteiger partial charge in [-0.3, -0.25) is 0 Å². The van der Waals surface area contributed by atoms with Crippen LogP contribution in [0.15, 0.2) is 46.9 Å². The topological polar surface area (TPSA) is 21.3 Å². The molecule has 0 fully saturated rings. The van der Waals surface area contributed by atoms with Gasteiger partial charge in [0.1, 0.15) is 5.75 Å². The molecule has 0 saturated heterocycles. The van der Waals surface area contributed by atoms with E-state index in [-0.39, 0.29) is 6.04 Å². The molecule has 2 rings (SSSR count). The van der Waals surface area contributed by atoms with E-state index in [4.69, 9.17) is 16.3 Å². The van der Waals surface area contributed by atoms with Gasteiger partial charge in [-0.05, 0) is 42.3 Å². The Morgan fingerprint density at radius 3 is 2.75 bits per heavy atom. The predicted molar refractivity (Wildman–Crippen MR) is 87.4 cm³/mol. The first-order valence-electron chi connectivity index (χ1n) is 6.41. The van der Waals surface area contributed by atoms with E-state index in [9.17, 15) is 0 Å². The third-order valence-electron chi connectivity index (χ3n) is 3.21. The second kappa shape index (κ2) is 7.11. The fourth-order valence-electron chi connectivity index (χ4n) is 1.96. The highest BCUT2D eigenvalue weighted by atomic mass is 79.9. The van der Waals surface area contributed by atoms with Gasteiger partial charge in [0.05, 0.1) is 7.11 Å². The molecule has 0 amide bonds. The Morgan fingerprint density at radius 1 is 1.25 bits per heavy atom. The molecule has 0 aliphatic heterocycles. The van der Waals surface area contributed by atoms with Gasteiger partial charge in [-0.1, -0.05) is 45.7 Å². The van der Waals surface area contributed by atoms with Crippen molar-refractivity contribution in [3.8, 4) is 5.75 Å². The molecule has 0 unspecified atom stereocenters. The normalized spacial score (nSPS) is 12.2. The smallest absolute Gasteiger partial charge is 0.119 e. The summed E-state index contributed by atoms with van der Waals surface area (Å²) in [5, 5.41) is 4.24. The monoisotopic (exact) mass is 353 g/mol. The molecule has 1 N–H and O–H groups in total. The summed E-state index contributed by atoms with van der Waals surface area (Å²) in [7, 11) is 1.68. The SMILES string of the molecule is COc1cccc([C@H](C)NCc2ccc(Br)cc2Cl)c1. The van der Waals surface area contributed by atoms with Crippen LogP contribution in [0.3, 0.4) is 0 Å². The molecular weight excluding hydrogens is 338 g/mol. The summed E-state index contributed by atoms with van der Waals surface area (Å²) in [5.74, 6) is 0.873. The lowest BCUT2D eigenvalue weighted by atomic mass is 10.1. The van der Waals surface area contributed by atoms with E-state index in [1.807, 2.05) is 36.4 Å². The van der Waals surface area contributed by atoms with Crippen LogP contribution < -0.4 is 10.1 Å². The Bertz CT molecular complexity index is 588. The Labute approximate surface area is 133 Å². The summed E-state index contributed by atoms with van der Waals surface area (Å²) in [6.07, 6.45) is 0. The van der Waals surface area contributed by atoms with Crippen molar-refractivity contribution in [1.82, 2.24) is 5.32 Å². The molecule has 2 aromatic rings. The molecule has 20 heavy (non-hydrogen) atoms. The highest BCUT2D eigenvalue weighted by Gasteiger charge is 2.07. The molecule has 4 heteroatoms. The lowest BCUT2D eigenvalue weighted by Crippen LogP contribution is -2.18. The Kier molecular flexibility index (Phi) is 5.46. The molecule has 0 heterocycles. The van der Waals surface area contributed by atoms with Crippen LogP contribution in [0, 0.1) is 0 Å². The maximum absolute atomic E-state index is 6.22. The van der Waals surface area contributed by atoms with Crippen LogP contribution >= 0.6 is 27.5 Å². The van der Waals surface area contributed by atoms with Crippen molar-refractivity contribution >= 4 is 27.5 Å². The Morgan fingerprint density at radius 2 is 2.05 bits per heavy atom. The minimum Gasteiger partial charge on any atom is -0.497 e. The summed E-state index contributed by atoms with van der Waals surface area (Å²) in [5.41, 5.74) is 2.28. The standard InChI is InChI=1S/C16H17BrClNO/c1-11(12-4-3-5-15(8-12)20-2)19-10-13-6-7-14(17)9-16(13)18/h3-9,11,19H,10H2,1-2H3/t11-/m0/s1. The van der Waals surface area contributed by atoms with Gasteiger partial charge in [0.25, 0.3) is 0 Å². The fraction of sp³-hybridized carbons (Fsp3) is 0.250. The van der Waals surface area contributed by atoms with Crippen molar-refractivity contribution in [3.05, 3.63) is 63.1 Å². The zero-order valence-corrected chi connectivity index (χ0v) is 13.8. The molecule has 106 valence electrons. The quantitative estimate of drug-likeness (QED) is 0.819. The molecule has 2 aromatic carbocycles. The van der Waals surface area contributed by atoms with Gasteiger partial charge in [-0.15, -0.1) is 0 Å². The summed E-state index contributed by atoms with van der Waals surface area (Å²) in [4.78, 5) is 0. The van der Waals surface area contributed by atoms with Gasteiger partial charge in [0.15, 0.2) is 0 Å². The molecule has 0 aliphatic carbocycles. The molecule has 0 aliphatic rings. The number of rotatable bonds is 5. The summed E-state index contributed by atoms with van der Waals surface area (Å²) >= 11 is 9.63. The average molecular weight is 355 g/mol. The molecule has 0 spiro atoms. The maximum Gasteiger partial charge on any atom is 0.119 e. The predicted octanol–water partition coefficient (Wildman–Crippen LogP) is 4.96. The first kappa shape index (κ1) is 15.4. The minimum atomic E-state index is 0.227. The number of hydrogen-bond acceptors (Lipinski definition) is 2. The van der Waals surface area contributed by atoms with E-state index in [2.05, 4.69) is 34.2 Å². The van der Waals surface area contributed by atoms with E-state index in [1.165, 1.54) is 5.56 Å². The van der Waals surface area contributed by atoms with Crippen molar-refractivity contribution in [2.24, 2.45) is 0 Å². The van der Waals surface area contributed by atoms with Crippen LogP contribution in [0.2, 0.25) is 5.02 Å². The van der Waals surface area contributed by atoms with Crippen molar-refractivity contribution in [1.29, 1.82) is 0 Å². The second-order valence-corrected chi connectivity index (χ2v) is 5.94. The van der Waals surface area contributed by atoms with Gasteiger partial charge in [0, 0.05) is 22.1 Å². The van der Waals surface area contributed by atoms with Crippen LogP contribution in [0.1, 0.15) is 24.1 Å². The highest BCUT2D eigenvalue weighted by molar-refractivity contribution is 9.10. The Hall–Kier alpha value is -1.03. The maximum atomic E-state index is 6.22. The largest absolute Gasteiger partial charge is 0.497 e. The van der Waals surface area contributed by atoms with Gasteiger partial charge >= 0.3 is 0 Å². The number of nitrogens with one attached hydrogen (secondary N) is 1. The Balaban J connectivity index is 2.02. The lowest BCUT2D eigenvalue weighted by Gasteiger charge is -2.16. The third kappa shape index (κ3) is 3.98. The second-order valence-electron chi connectivity index (χ2n) is 4.61. The van der Waals surface area contributed by atoms with E-state index < -0.39 is 0 Å². The summed E-state index contributed by atoms with van der Waals surface area (Å²) < 4.78 is 6.24. The summed E-state index contributed by atoms with van der Waals surface area (Å²) in [6.45, 7) is 2.85. The van der Waals surface area contributed by atoms with Crippen LogP contribution in [0.25, 0.3) is 0 Å². The highest BCUT2D eigenvalue weighted by Crippen LogP contribution is 2.23.